The Bertz CT molecular complexity index is 356. The molecular weight excluding hydrogens is 261 g/mol. The summed E-state index contributed by atoms with van der Waals surface area (Å²) in [6, 6.07) is 5.49. The fourth-order valence-electron chi connectivity index (χ4n) is 1.28. The van der Waals surface area contributed by atoms with Gasteiger partial charge in [0, 0.05) is 22.7 Å². The van der Waals surface area contributed by atoms with Gasteiger partial charge >= 0.3 is 0 Å². The quantitative estimate of drug-likeness (QED) is 0.742. The van der Waals surface area contributed by atoms with Gasteiger partial charge in [0.1, 0.15) is 5.75 Å². The molecule has 1 aromatic rings. The number of rotatable bonds is 5. The number of benzene rings is 1. The molecule has 0 aliphatic heterocycles. The van der Waals surface area contributed by atoms with Crippen LogP contribution in [0.15, 0.2) is 18.2 Å². The molecule has 0 aliphatic rings. The van der Waals surface area contributed by atoms with Crippen molar-refractivity contribution in [2.24, 2.45) is 0 Å². The minimum atomic E-state index is -0.312. The second kappa shape index (κ2) is 7.07. The molecule has 0 saturated carbocycles. The highest BCUT2D eigenvalue weighted by Crippen LogP contribution is 2.22. The van der Waals surface area contributed by atoms with Crippen LogP contribution in [0.1, 0.15) is 19.4 Å². The van der Waals surface area contributed by atoms with Crippen molar-refractivity contribution in [2.75, 3.05) is 13.7 Å². The maximum atomic E-state index is 9.13. The molecule has 0 fully saturated rings. The van der Waals surface area contributed by atoms with Crippen molar-refractivity contribution in [3.8, 4) is 5.75 Å². The Morgan fingerprint density at radius 2 is 2.06 bits per heavy atom. The Labute approximate surface area is 114 Å². The zero-order valence-corrected chi connectivity index (χ0v) is 11.8. The molecule has 0 aliphatic carbocycles. The van der Waals surface area contributed by atoms with Crippen LogP contribution in [0.4, 0.5) is 0 Å². The maximum absolute atomic E-state index is 9.13. The number of aliphatic hydroxyl groups excluding tert-OH is 1. The SMILES string of the molecule is COc1ccc(Cl)cc1CNC(C)(C)CO.[Cl-]. The maximum Gasteiger partial charge on any atom is 0.123 e. The van der Waals surface area contributed by atoms with Crippen molar-refractivity contribution in [1.82, 2.24) is 5.32 Å². The van der Waals surface area contributed by atoms with Gasteiger partial charge in [-0.3, -0.25) is 0 Å². The van der Waals surface area contributed by atoms with Gasteiger partial charge < -0.3 is 27.6 Å². The van der Waals surface area contributed by atoms with Crippen molar-refractivity contribution in [1.29, 1.82) is 0 Å². The molecular formula is C12H18Cl2NO2-. The van der Waals surface area contributed by atoms with Gasteiger partial charge in [0.2, 0.25) is 0 Å². The molecule has 0 unspecified atom stereocenters. The average Bonchev–Trinajstić information content (AvgIpc) is 2.27. The van der Waals surface area contributed by atoms with Crippen molar-refractivity contribution in [3.63, 3.8) is 0 Å². The predicted octanol–water partition coefficient (Wildman–Crippen LogP) is -0.787. The third-order valence-electron chi connectivity index (χ3n) is 2.40. The molecule has 3 nitrogen and oxygen atoms in total. The number of aliphatic hydroxyl groups is 1. The third-order valence-corrected chi connectivity index (χ3v) is 2.63. The van der Waals surface area contributed by atoms with Gasteiger partial charge in [-0.15, -0.1) is 0 Å². The first-order chi connectivity index (χ1) is 7.48. The summed E-state index contributed by atoms with van der Waals surface area (Å²) in [4.78, 5) is 0. The van der Waals surface area contributed by atoms with Gasteiger partial charge in [-0.05, 0) is 32.0 Å². The van der Waals surface area contributed by atoms with Crippen molar-refractivity contribution in [3.05, 3.63) is 28.8 Å². The molecule has 17 heavy (non-hydrogen) atoms. The molecule has 0 saturated heterocycles. The molecule has 0 heterocycles. The number of nitrogens with one attached hydrogen (secondary N) is 1. The molecule has 1 rings (SSSR count). The van der Waals surface area contributed by atoms with E-state index in [4.69, 9.17) is 21.4 Å². The topological polar surface area (TPSA) is 41.5 Å². The van der Waals surface area contributed by atoms with E-state index < -0.39 is 0 Å². The summed E-state index contributed by atoms with van der Waals surface area (Å²) in [6.45, 7) is 4.56. The zero-order chi connectivity index (χ0) is 12.2. The minimum absolute atomic E-state index is 0. The van der Waals surface area contributed by atoms with E-state index in [-0.39, 0.29) is 24.6 Å². The fraction of sp³-hybridized carbons (Fsp3) is 0.500. The van der Waals surface area contributed by atoms with Crippen LogP contribution < -0.4 is 22.5 Å². The number of hydrogen-bond acceptors (Lipinski definition) is 3. The van der Waals surface area contributed by atoms with Crippen LogP contribution in [0.3, 0.4) is 0 Å². The smallest absolute Gasteiger partial charge is 0.123 e. The van der Waals surface area contributed by atoms with E-state index in [1.165, 1.54) is 0 Å². The van der Waals surface area contributed by atoms with E-state index in [0.29, 0.717) is 11.6 Å². The molecule has 0 radical (unpaired) electrons. The predicted molar refractivity (Wildman–Crippen MR) is 66.0 cm³/mol. The summed E-state index contributed by atoms with van der Waals surface area (Å²) in [5.74, 6) is 0.797. The first kappa shape index (κ1) is 16.5. The van der Waals surface area contributed by atoms with E-state index in [1.807, 2.05) is 26.0 Å². The first-order valence-electron chi connectivity index (χ1n) is 5.17. The first-order valence-corrected chi connectivity index (χ1v) is 5.54. The summed E-state index contributed by atoms with van der Waals surface area (Å²) in [5, 5.41) is 13.1. The highest BCUT2D eigenvalue weighted by molar-refractivity contribution is 6.30. The van der Waals surface area contributed by atoms with Crippen molar-refractivity contribution >= 4 is 11.6 Å². The van der Waals surface area contributed by atoms with Crippen LogP contribution in [0.25, 0.3) is 0 Å². The van der Waals surface area contributed by atoms with Gasteiger partial charge in [0.15, 0.2) is 0 Å². The van der Waals surface area contributed by atoms with Gasteiger partial charge in [-0.1, -0.05) is 11.6 Å². The molecule has 0 atom stereocenters. The molecule has 0 spiro atoms. The second-order valence-electron chi connectivity index (χ2n) is 4.35. The number of ether oxygens (including phenoxy) is 1. The van der Waals surface area contributed by atoms with E-state index >= 15 is 0 Å². The van der Waals surface area contributed by atoms with Crippen LogP contribution in [0, 0.1) is 0 Å². The van der Waals surface area contributed by atoms with E-state index in [1.54, 1.807) is 13.2 Å². The largest absolute Gasteiger partial charge is 1.00 e. The summed E-state index contributed by atoms with van der Waals surface area (Å²) in [6.07, 6.45) is 0. The van der Waals surface area contributed by atoms with Gasteiger partial charge in [0.25, 0.3) is 0 Å². The van der Waals surface area contributed by atoms with Crippen LogP contribution in [0.2, 0.25) is 5.02 Å². The number of hydrogen-bond donors (Lipinski definition) is 2. The molecule has 2 N–H and O–H groups in total. The monoisotopic (exact) mass is 278 g/mol. The van der Waals surface area contributed by atoms with Gasteiger partial charge in [-0.25, -0.2) is 0 Å². The van der Waals surface area contributed by atoms with Gasteiger partial charge in [-0.2, -0.15) is 0 Å². The normalized spacial score (nSPS) is 10.9. The summed E-state index contributed by atoms with van der Waals surface area (Å²) in [7, 11) is 1.63. The van der Waals surface area contributed by atoms with Crippen molar-refractivity contribution < 1.29 is 22.3 Å². The van der Waals surface area contributed by atoms with Crippen LogP contribution in [-0.4, -0.2) is 24.4 Å². The number of methoxy groups -OCH3 is 1. The van der Waals surface area contributed by atoms with Crippen molar-refractivity contribution in [2.45, 2.75) is 25.9 Å². The summed E-state index contributed by atoms with van der Waals surface area (Å²) < 4.78 is 5.24. The summed E-state index contributed by atoms with van der Waals surface area (Å²) >= 11 is 5.92. The molecule has 0 amide bonds. The Hall–Kier alpha value is -0.480. The highest BCUT2D eigenvalue weighted by Gasteiger charge is 2.16. The third kappa shape index (κ3) is 5.13. The molecule has 1 aromatic carbocycles. The van der Waals surface area contributed by atoms with Crippen LogP contribution in [0.5, 0.6) is 5.75 Å². The molecule has 0 bridgehead atoms. The summed E-state index contributed by atoms with van der Waals surface area (Å²) in [5.41, 5.74) is 0.671. The van der Waals surface area contributed by atoms with Crippen LogP contribution in [-0.2, 0) is 6.54 Å². The fourth-order valence-corrected chi connectivity index (χ4v) is 1.47. The minimum Gasteiger partial charge on any atom is -1.00 e. The Balaban J connectivity index is 0.00000256. The lowest BCUT2D eigenvalue weighted by Gasteiger charge is -2.24. The molecule has 98 valence electrons. The standard InChI is InChI=1S/C12H18ClNO2.ClH/c1-12(2,8-15)14-7-9-6-10(13)4-5-11(9)16-3;/h4-6,14-15H,7-8H2,1-3H3;1H/p-1. The molecule has 5 heteroatoms. The number of halogens is 2. The average molecular weight is 279 g/mol. The lowest BCUT2D eigenvalue weighted by molar-refractivity contribution is -0.00000459. The second-order valence-corrected chi connectivity index (χ2v) is 4.79. The Kier molecular flexibility index (Phi) is 6.87. The Morgan fingerprint density at radius 3 is 2.59 bits per heavy atom. The lowest BCUT2D eigenvalue weighted by atomic mass is 10.1. The van der Waals surface area contributed by atoms with E-state index in [0.717, 1.165) is 11.3 Å². The van der Waals surface area contributed by atoms with Gasteiger partial charge in [0.05, 0.1) is 13.7 Å². The Morgan fingerprint density at radius 1 is 1.41 bits per heavy atom. The lowest BCUT2D eigenvalue weighted by Crippen LogP contribution is -3.00. The molecule has 0 aromatic heterocycles. The highest BCUT2D eigenvalue weighted by atomic mass is 35.5. The van der Waals surface area contributed by atoms with Crippen LogP contribution >= 0.6 is 11.6 Å². The van der Waals surface area contributed by atoms with E-state index in [2.05, 4.69) is 5.32 Å². The van der Waals surface area contributed by atoms with E-state index in [9.17, 15) is 0 Å². The zero-order valence-electron chi connectivity index (χ0n) is 10.3.